The molecule has 10 nitrogen and oxygen atoms in total. The number of halogens is 1. The number of fused-ring (bicyclic) bond motifs is 1. The molecule has 38 heavy (non-hydrogen) atoms. The molecule has 3 N–H and O–H groups in total. The van der Waals surface area contributed by atoms with Gasteiger partial charge in [0, 0.05) is 49.5 Å². The number of pyridine rings is 1. The highest BCUT2D eigenvalue weighted by atomic mass is 19.1. The molecule has 1 fully saturated rings. The van der Waals surface area contributed by atoms with Crippen molar-refractivity contribution in [2.45, 2.75) is 25.8 Å². The average Bonchev–Trinajstić information content (AvgIpc) is 3.62. The topological polar surface area (TPSA) is 117 Å². The van der Waals surface area contributed by atoms with Crippen LogP contribution in [0.15, 0.2) is 42.7 Å². The van der Waals surface area contributed by atoms with Crippen molar-refractivity contribution < 1.29 is 18.7 Å². The summed E-state index contributed by atoms with van der Waals surface area (Å²) in [5.41, 5.74) is 2.51. The number of benzene rings is 1. The molecule has 0 aliphatic carbocycles. The van der Waals surface area contributed by atoms with Gasteiger partial charge < -0.3 is 20.4 Å². The Morgan fingerprint density at radius 1 is 1.21 bits per heavy atom. The number of aromatic nitrogens is 4. The SMILES string of the molecule is COc1nn(C)cc1-c1cc2cc(C(=O)Nc3cc(C(=O)NCCN4CCC[C@@H]4C)ccc3F)cnc2[nH]1. The van der Waals surface area contributed by atoms with Crippen molar-refractivity contribution in [3.8, 4) is 17.1 Å². The molecule has 1 aromatic carbocycles. The van der Waals surface area contributed by atoms with Gasteiger partial charge in [0.05, 0.1) is 29.6 Å². The van der Waals surface area contributed by atoms with Crippen molar-refractivity contribution in [2.75, 3.05) is 32.1 Å². The minimum Gasteiger partial charge on any atom is -0.479 e. The smallest absolute Gasteiger partial charge is 0.257 e. The van der Waals surface area contributed by atoms with Gasteiger partial charge in [-0.1, -0.05) is 0 Å². The van der Waals surface area contributed by atoms with Crippen LogP contribution in [0, 0.1) is 5.82 Å². The molecule has 1 saturated heterocycles. The summed E-state index contributed by atoms with van der Waals surface area (Å²) in [4.78, 5) is 35.5. The van der Waals surface area contributed by atoms with Gasteiger partial charge in [-0.15, -0.1) is 5.10 Å². The third-order valence-electron chi connectivity index (χ3n) is 6.86. The number of anilines is 1. The number of carbonyl (C=O) groups excluding carboxylic acids is 2. The van der Waals surface area contributed by atoms with Gasteiger partial charge in [0.25, 0.3) is 11.8 Å². The second-order valence-corrected chi connectivity index (χ2v) is 9.50. The van der Waals surface area contributed by atoms with Crippen molar-refractivity contribution in [1.82, 2.24) is 30.0 Å². The monoisotopic (exact) mass is 519 g/mol. The third kappa shape index (κ3) is 5.23. The molecule has 0 unspecified atom stereocenters. The third-order valence-corrected chi connectivity index (χ3v) is 6.86. The van der Waals surface area contributed by atoms with Crippen LogP contribution >= 0.6 is 0 Å². The van der Waals surface area contributed by atoms with Crippen LogP contribution < -0.4 is 15.4 Å². The van der Waals surface area contributed by atoms with E-state index in [4.69, 9.17) is 4.74 Å². The Morgan fingerprint density at radius 3 is 2.82 bits per heavy atom. The lowest BCUT2D eigenvalue weighted by atomic mass is 10.1. The summed E-state index contributed by atoms with van der Waals surface area (Å²) in [6.45, 7) is 4.48. The molecule has 2 amide bonds. The summed E-state index contributed by atoms with van der Waals surface area (Å²) in [6.07, 6.45) is 5.56. The highest BCUT2D eigenvalue weighted by Crippen LogP contribution is 2.30. The zero-order chi connectivity index (χ0) is 26.8. The number of likely N-dealkylation sites (tertiary alicyclic amines) is 1. The van der Waals surface area contributed by atoms with Crippen molar-refractivity contribution in [2.24, 2.45) is 7.05 Å². The van der Waals surface area contributed by atoms with Gasteiger partial charge in [0.1, 0.15) is 11.5 Å². The molecule has 5 rings (SSSR count). The Morgan fingerprint density at radius 2 is 2.05 bits per heavy atom. The van der Waals surface area contributed by atoms with Gasteiger partial charge >= 0.3 is 0 Å². The van der Waals surface area contributed by atoms with Crippen LogP contribution in [-0.4, -0.2) is 69.2 Å². The molecule has 11 heteroatoms. The zero-order valence-corrected chi connectivity index (χ0v) is 21.5. The second kappa shape index (κ2) is 10.6. The lowest BCUT2D eigenvalue weighted by Crippen LogP contribution is -2.36. The summed E-state index contributed by atoms with van der Waals surface area (Å²) in [6, 6.07) is 7.94. The Labute approximate surface area is 219 Å². The lowest BCUT2D eigenvalue weighted by molar-refractivity contribution is 0.0946. The molecule has 0 spiro atoms. The highest BCUT2D eigenvalue weighted by molar-refractivity contribution is 6.06. The van der Waals surface area contributed by atoms with Crippen LogP contribution in [0.1, 0.15) is 40.5 Å². The number of nitrogens with one attached hydrogen (secondary N) is 3. The largest absolute Gasteiger partial charge is 0.479 e. The summed E-state index contributed by atoms with van der Waals surface area (Å²) < 4.78 is 21.5. The number of hydrogen-bond donors (Lipinski definition) is 3. The maximum Gasteiger partial charge on any atom is 0.257 e. The minimum atomic E-state index is -0.637. The number of methoxy groups -OCH3 is 1. The molecule has 0 radical (unpaired) electrons. The van der Waals surface area contributed by atoms with Crippen LogP contribution in [0.3, 0.4) is 0 Å². The maximum atomic E-state index is 14.5. The first-order valence-electron chi connectivity index (χ1n) is 12.5. The first-order chi connectivity index (χ1) is 18.3. The normalized spacial score (nSPS) is 15.6. The van der Waals surface area contributed by atoms with E-state index >= 15 is 0 Å². The number of aromatic amines is 1. The molecule has 1 aliphatic rings. The van der Waals surface area contributed by atoms with E-state index < -0.39 is 11.7 Å². The summed E-state index contributed by atoms with van der Waals surface area (Å²) in [7, 11) is 3.34. The van der Waals surface area contributed by atoms with E-state index in [0.29, 0.717) is 29.5 Å². The fraction of sp³-hybridized carbons (Fsp3) is 0.333. The quantitative estimate of drug-likeness (QED) is 0.328. The molecule has 198 valence electrons. The van der Waals surface area contributed by atoms with Crippen LogP contribution in [-0.2, 0) is 7.05 Å². The molecular weight excluding hydrogens is 489 g/mol. The summed E-state index contributed by atoms with van der Waals surface area (Å²) >= 11 is 0. The highest BCUT2D eigenvalue weighted by Gasteiger charge is 2.20. The molecule has 1 atom stereocenters. The molecule has 0 bridgehead atoms. The Bertz CT molecular complexity index is 1500. The number of ether oxygens (including phenoxy) is 1. The first kappa shape index (κ1) is 25.4. The van der Waals surface area contributed by atoms with Crippen molar-refractivity contribution in [3.63, 3.8) is 0 Å². The lowest BCUT2D eigenvalue weighted by Gasteiger charge is -2.20. The van der Waals surface area contributed by atoms with E-state index in [2.05, 4.69) is 37.5 Å². The van der Waals surface area contributed by atoms with Crippen molar-refractivity contribution in [1.29, 1.82) is 0 Å². The predicted octanol–water partition coefficient (Wildman–Crippen LogP) is 3.58. The van der Waals surface area contributed by atoms with E-state index in [-0.39, 0.29) is 22.7 Å². The van der Waals surface area contributed by atoms with Crippen molar-refractivity contribution >= 4 is 28.5 Å². The number of hydrogen-bond acceptors (Lipinski definition) is 6. The van der Waals surface area contributed by atoms with E-state index in [1.165, 1.54) is 37.2 Å². The van der Waals surface area contributed by atoms with E-state index in [9.17, 15) is 14.0 Å². The van der Waals surface area contributed by atoms with E-state index in [1.807, 2.05) is 12.3 Å². The van der Waals surface area contributed by atoms with Gasteiger partial charge in [-0.25, -0.2) is 9.37 Å². The zero-order valence-electron chi connectivity index (χ0n) is 21.5. The second-order valence-electron chi connectivity index (χ2n) is 9.50. The van der Waals surface area contributed by atoms with Crippen molar-refractivity contribution in [3.05, 3.63) is 59.7 Å². The maximum absolute atomic E-state index is 14.5. The minimum absolute atomic E-state index is 0.0780. The van der Waals surface area contributed by atoms with E-state index in [1.54, 1.807) is 24.9 Å². The summed E-state index contributed by atoms with van der Waals surface area (Å²) in [5.74, 6) is -1.04. The number of nitrogens with zero attached hydrogens (tertiary/aromatic N) is 4. The predicted molar refractivity (Wildman–Crippen MR) is 142 cm³/mol. The fourth-order valence-corrected chi connectivity index (χ4v) is 4.79. The molecule has 4 aromatic rings. The van der Waals surface area contributed by atoms with Gasteiger partial charge in [-0.05, 0) is 56.6 Å². The summed E-state index contributed by atoms with van der Waals surface area (Å²) in [5, 5.41) is 10.4. The molecule has 1 aliphatic heterocycles. The standard InChI is InChI=1S/C27H30FN7O3/c1-16-5-4-9-35(16)10-8-29-25(36)17-6-7-21(28)23(12-17)32-26(37)19-11-18-13-22(31-24(18)30-14-19)20-15-34(2)33-27(20)38-3/h6-7,11-16H,4-5,8-10H2,1-3H3,(H,29,36)(H,30,31)(H,32,37)/t16-/m0/s1. The fourth-order valence-electron chi connectivity index (χ4n) is 4.79. The molecule has 3 aromatic heterocycles. The van der Waals surface area contributed by atoms with Crippen LogP contribution in [0.5, 0.6) is 5.88 Å². The average molecular weight is 520 g/mol. The number of aryl methyl sites for hydroxylation is 1. The van der Waals surface area contributed by atoms with Crippen LogP contribution in [0.25, 0.3) is 22.3 Å². The van der Waals surface area contributed by atoms with E-state index in [0.717, 1.165) is 24.3 Å². The van der Waals surface area contributed by atoms with Gasteiger partial charge in [-0.3, -0.25) is 19.2 Å². The van der Waals surface area contributed by atoms with Crippen LogP contribution in [0.2, 0.25) is 0 Å². The Kier molecular flexibility index (Phi) is 7.10. The molecule has 4 heterocycles. The Hall–Kier alpha value is -4.25. The number of rotatable bonds is 8. The van der Waals surface area contributed by atoms with Crippen LogP contribution in [0.4, 0.5) is 10.1 Å². The number of carbonyl (C=O) groups is 2. The van der Waals surface area contributed by atoms with Gasteiger partial charge in [0.2, 0.25) is 5.88 Å². The van der Waals surface area contributed by atoms with Gasteiger partial charge in [0.15, 0.2) is 0 Å². The molecule has 0 saturated carbocycles. The van der Waals surface area contributed by atoms with Gasteiger partial charge in [-0.2, -0.15) is 0 Å². The Balaban J connectivity index is 1.28. The first-order valence-corrected chi connectivity index (χ1v) is 12.5. The molecular formula is C27H30FN7O3. The number of H-pyrrole nitrogens is 1. The number of amides is 2.